The lowest BCUT2D eigenvalue weighted by molar-refractivity contribution is 0.447. The van der Waals surface area contributed by atoms with E-state index in [1.54, 1.807) is 12.1 Å². The molecule has 2 N–H and O–H groups in total. The van der Waals surface area contributed by atoms with Gasteiger partial charge in [0.15, 0.2) is 0 Å². The summed E-state index contributed by atoms with van der Waals surface area (Å²) in [4.78, 5) is 8.42. The highest BCUT2D eigenvalue weighted by molar-refractivity contribution is 6.32. The third kappa shape index (κ3) is 2.44. The number of aromatic nitrogens is 2. The molecule has 2 heterocycles. The first-order valence-electron chi connectivity index (χ1n) is 5.67. The molecule has 0 saturated carbocycles. The van der Waals surface area contributed by atoms with Crippen LogP contribution in [0.25, 0.3) is 10.9 Å². The average Bonchev–Trinajstić information content (AvgIpc) is 2.42. The van der Waals surface area contributed by atoms with E-state index in [-0.39, 0.29) is 0 Å². The van der Waals surface area contributed by atoms with Gasteiger partial charge in [0.1, 0.15) is 5.02 Å². The number of pyridine rings is 2. The monoisotopic (exact) mass is 271 g/mol. The SMILES string of the molecule is Nc1cnc(Oc2ccc3ccccc3n2)c(Cl)c1. The fraction of sp³-hybridized carbons (Fsp3) is 0. The quantitative estimate of drug-likeness (QED) is 0.773. The van der Waals surface area contributed by atoms with Crippen molar-refractivity contribution in [1.82, 2.24) is 9.97 Å². The van der Waals surface area contributed by atoms with Crippen LogP contribution in [0.1, 0.15) is 0 Å². The molecule has 0 aliphatic rings. The molecule has 0 aliphatic heterocycles. The Balaban J connectivity index is 1.96. The van der Waals surface area contributed by atoms with E-state index in [0.717, 1.165) is 10.9 Å². The predicted molar refractivity (Wildman–Crippen MR) is 75.5 cm³/mol. The topological polar surface area (TPSA) is 61.0 Å². The van der Waals surface area contributed by atoms with Crippen LogP contribution in [0.4, 0.5) is 5.69 Å². The van der Waals surface area contributed by atoms with Crippen molar-refractivity contribution in [3.8, 4) is 11.8 Å². The van der Waals surface area contributed by atoms with Crippen molar-refractivity contribution in [3.63, 3.8) is 0 Å². The Morgan fingerprint density at radius 3 is 2.79 bits per heavy atom. The second kappa shape index (κ2) is 4.74. The number of benzene rings is 1. The minimum atomic E-state index is 0.290. The summed E-state index contributed by atoms with van der Waals surface area (Å²) in [5.41, 5.74) is 6.92. The Hall–Kier alpha value is -2.33. The van der Waals surface area contributed by atoms with Crippen LogP contribution in [0.5, 0.6) is 11.8 Å². The molecule has 0 fully saturated rings. The number of nitrogens with two attached hydrogens (primary N) is 1. The molecule has 2 aromatic heterocycles. The summed E-state index contributed by atoms with van der Waals surface area (Å²) < 4.78 is 5.56. The van der Waals surface area contributed by atoms with Gasteiger partial charge in [0.2, 0.25) is 11.8 Å². The zero-order valence-corrected chi connectivity index (χ0v) is 10.6. The number of nitrogen functional groups attached to an aromatic ring is 1. The number of fused-ring (bicyclic) bond motifs is 1. The summed E-state index contributed by atoms with van der Waals surface area (Å²) >= 11 is 6.00. The van der Waals surface area contributed by atoms with Gasteiger partial charge in [-0.05, 0) is 18.2 Å². The van der Waals surface area contributed by atoms with Gasteiger partial charge in [-0.3, -0.25) is 0 Å². The smallest absolute Gasteiger partial charge is 0.240 e. The molecular formula is C14H10ClN3O. The van der Waals surface area contributed by atoms with Crippen LogP contribution in [-0.4, -0.2) is 9.97 Å². The second-order valence-electron chi connectivity index (χ2n) is 4.00. The van der Waals surface area contributed by atoms with Crippen LogP contribution in [0.15, 0.2) is 48.7 Å². The van der Waals surface area contributed by atoms with E-state index in [1.165, 1.54) is 6.20 Å². The van der Waals surface area contributed by atoms with Crippen molar-refractivity contribution in [2.75, 3.05) is 5.73 Å². The van der Waals surface area contributed by atoms with Gasteiger partial charge in [-0.2, -0.15) is 0 Å². The number of hydrogen-bond donors (Lipinski definition) is 1. The van der Waals surface area contributed by atoms with Gasteiger partial charge in [0.05, 0.1) is 17.4 Å². The lowest BCUT2D eigenvalue weighted by atomic mass is 10.2. The summed E-state index contributed by atoms with van der Waals surface area (Å²) in [6, 6.07) is 13.1. The van der Waals surface area contributed by atoms with Gasteiger partial charge in [-0.25, -0.2) is 9.97 Å². The van der Waals surface area contributed by atoms with Crippen LogP contribution >= 0.6 is 11.6 Å². The molecule has 0 amide bonds. The van der Waals surface area contributed by atoms with Crippen molar-refractivity contribution in [2.24, 2.45) is 0 Å². The predicted octanol–water partition coefficient (Wildman–Crippen LogP) is 3.66. The van der Waals surface area contributed by atoms with Gasteiger partial charge in [0.25, 0.3) is 0 Å². The lowest BCUT2D eigenvalue weighted by Crippen LogP contribution is -1.93. The summed E-state index contributed by atoms with van der Waals surface area (Å²) in [6.07, 6.45) is 1.49. The standard InChI is InChI=1S/C14H10ClN3O/c15-11-7-10(16)8-17-14(11)19-13-6-5-9-3-1-2-4-12(9)18-13/h1-8H,16H2. The Morgan fingerprint density at radius 2 is 1.95 bits per heavy atom. The highest BCUT2D eigenvalue weighted by Gasteiger charge is 2.06. The van der Waals surface area contributed by atoms with Crippen molar-refractivity contribution in [3.05, 3.63) is 53.7 Å². The Kier molecular flexibility index (Phi) is 2.93. The van der Waals surface area contributed by atoms with Crippen LogP contribution < -0.4 is 10.5 Å². The highest BCUT2D eigenvalue weighted by atomic mass is 35.5. The number of halogens is 1. The molecule has 0 atom stereocenters. The molecule has 0 spiro atoms. The first kappa shape index (κ1) is 11.7. The molecule has 3 rings (SSSR count). The number of para-hydroxylation sites is 1. The zero-order valence-electron chi connectivity index (χ0n) is 9.88. The normalized spacial score (nSPS) is 10.6. The molecule has 4 nitrogen and oxygen atoms in total. The number of ether oxygens (including phenoxy) is 1. The maximum absolute atomic E-state index is 6.00. The van der Waals surface area contributed by atoms with Crippen LogP contribution in [-0.2, 0) is 0 Å². The van der Waals surface area contributed by atoms with Crippen molar-refractivity contribution in [2.45, 2.75) is 0 Å². The van der Waals surface area contributed by atoms with Crippen LogP contribution in [0, 0.1) is 0 Å². The van der Waals surface area contributed by atoms with Gasteiger partial charge in [-0.1, -0.05) is 29.8 Å². The van der Waals surface area contributed by atoms with E-state index in [1.807, 2.05) is 30.3 Å². The molecule has 0 bridgehead atoms. The Labute approximate surface area is 114 Å². The summed E-state index contributed by atoms with van der Waals surface area (Å²) in [7, 11) is 0. The summed E-state index contributed by atoms with van der Waals surface area (Å²) in [6.45, 7) is 0. The van der Waals surface area contributed by atoms with Gasteiger partial charge in [0, 0.05) is 11.5 Å². The molecule has 1 aromatic carbocycles. The fourth-order valence-corrected chi connectivity index (χ4v) is 1.93. The number of rotatable bonds is 2. The third-order valence-electron chi connectivity index (χ3n) is 2.60. The number of hydrogen-bond acceptors (Lipinski definition) is 4. The van der Waals surface area contributed by atoms with E-state index < -0.39 is 0 Å². The highest BCUT2D eigenvalue weighted by Crippen LogP contribution is 2.28. The Bertz CT molecular complexity index is 746. The van der Waals surface area contributed by atoms with Crippen LogP contribution in [0.3, 0.4) is 0 Å². The van der Waals surface area contributed by atoms with Crippen LogP contribution in [0.2, 0.25) is 5.02 Å². The van der Waals surface area contributed by atoms with Crippen molar-refractivity contribution < 1.29 is 4.74 Å². The van der Waals surface area contributed by atoms with E-state index in [0.29, 0.717) is 22.5 Å². The third-order valence-corrected chi connectivity index (χ3v) is 2.87. The maximum atomic E-state index is 6.00. The van der Waals surface area contributed by atoms with Crippen molar-refractivity contribution >= 4 is 28.2 Å². The van der Waals surface area contributed by atoms with E-state index in [4.69, 9.17) is 22.1 Å². The number of nitrogens with zero attached hydrogens (tertiary/aromatic N) is 2. The average molecular weight is 272 g/mol. The minimum Gasteiger partial charge on any atom is -0.419 e. The van der Waals surface area contributed by atoms with Crippen molar-refractivity contribution in [1.29, 1.82) is 0 Å². The molecule has 3 aromatic rings. The van der Waals surface area contributed by atoms with E-state index in [9.17, 15) is 0 Å². The molecule has 0 unspecified atom stereocenters. The fourth-order valence-electron chi connectivity index (χ4n) is 1.72. The minimum absolute atomic E-state index is 0.290. The van der Waals surface area contributed by atoms with E-state index in [2.05, 4.69) is 9.97 Å². The Morgan fingerprint density at radius 1 is 1.11 bits per heavy atom. The first-order chi connectivity index (χ1) is 9.22. The molecule has 19 heavy (non-hydrogen) atoms. The van der Waals surface area contributed by atoms with E-state index >= 15 is 0 Å². The zero-order chi connectivity index (χ0) is 13.2. The second-order valence-corrected chi connectivity index (χ2v) is 4.41. The molecule has 94 valence electrons. The van der Waals surface area contributed by atoms with Gasteiger partial charge < -0.3 is 10.5 Å². The molecular weight excluding hydrogens is 262 g/mol. The molecule has 0 aliphatic carbocycles. The largest absolute Gasteiger partial charge is 0.419 e. The number of anilines is 1. The molecule has 0 saturated heterocycles. The van der Waals surface area contributed by atoms with Gasteiger partial charge in [-0.15, -0.1) is 0 Å². The summed E-state index contributed by atoms with van der Waals surface area (Å²) in [5, 5.41) is 1.40. The molecule has 0 radical (unpaired) electrons. The summed E-state index contributed by atoms with van der Waals surface area (Å²) in [5.74, 6) is 0.733. The maximum Gasteiger partial charge on any atom is 0.240 e. The van der Waals surface area contributed by atoms with Gasteiger partial charge >= 0.3 is 0 Å². The molecule has 5 heteroatoms. The lowest BCUT2D eigenvalue weighted by Gasteiger charge is -2.06. The first-order valence-corrected chi connectivity index (χ1v) is 6.05.